The summed E-state index contributed by atoms with van der Waals surface area (Å²) in [5.74, 6) is -0.562. The van der Waals surface area contributed by atoms with Crippen LogP contribution in [0.4, 0.5) is 0 Å². The minimum Gasteiger partial charge on any atom is -0.457 e. The number of rotatable bonds is 5. The van der Waals surface area contributed by atoms with Crippen LogP contribution in [0, 0.1) is 0 Å². The molecule has 1 heterocycles. The van der Waals surface area contributed by atoms with Crippen LogP contribution in [0.3, 0.4) is 0 Å². The molecule has 2 aromatic rings. The summed E-state index contributed by atoms with van der Waals surface area (Å²) in [4.78, 5) is 26.7. The highest BCUT2D eigenvalue weighted by atomic mass is 16.5. The van der Waals surface area contributed by atoms with E-state index < -0.39 is 5.97 Å². The number of hydrogen-bond donors (Lipinski definition) is 1. The van der Waals surface area contributed by atoms with Crippen molar-refractivity contribution in [2.75, 3.05) is 6.54 Å². The summed E-state index contributed by atoms with van der Waals surface area (Å²) in [6.07, 6.45) is 4.81. The lowest BCUT2D eigenvalue weighted by atomic mass is 10.2. The molecule has 0 bridgehead atoms. The van der Waals surface area contributed by atoms with Crippen LogP contribution in [0.2, 0.25) is 0 Å². The molecule has 0 unspecified atom stereocenters. The van der Waals surface area contributed by atoms with E-state index in [1.165, 1.54) is 6.92 Å². The average Bonchev–Trinajstić information content (AvgIpc) is 2.99. The number of benzene rings is 1. The van der Waals surface area contributed by atoms with Crippen molar-refractivity contribution in [1.29, 1.82) is 0 Å². The third-order valence-corrected chi connectivity index (χ3v) is 2.85. The van der Waals surface area contributed by atoms with Crippen molar-refractivity contribution >= 4 is 11.9 Å². The molecule has 6 nitrogen and oxygen atoms in total. The maximum atomic E-state index is 11.9. The highest BCUT2D eigenvalue weighted by molar-refractivity contribution is 5.89. The topological polar surface area (TPSA) is 73.2 Å². The summed E-state index contributed by atoms with van der Waals surface area (Å²) in [5.41, 5.74) is 1.38. The van der Waals surface area contributed by atoms with E-state index in [1.54, 1.807) is 31.6 Å². The van der Waals surface area contributed by atoms with Crippen LogP contribution >= 0.6 is 0 Å². The lowest BCUT2D eigenvalue weighted by Gasteiger charge is -2.13. The molecule has 1 atom stereocenters. The first-order valence-corrected chi connectivity index (χ1v) is 6.60. The number of aromatic nitrogens is 2. The van der Waals surface area contributed by atoms with Crippen LogP contribution in [0.1, 0.15) is 24.2 Å². The molecule has 0 radical (unpaired) electrons. The van der Waals surface area contributed by atoms with Crippen molar-refractivity contribution in [2.24, 2.45) is 0 Å². The van der Waals surface area contributed by atoms with Crippen molar-refractivity contribution in [3.05, 3.63) is 48.5 Å². The molecule has 2 rings (SSSR count). The van der Waals surface area contributed by atoms with Gasteiger partial charge in [0, 0.05) is 25.0 Å². The van der Waals surface area contributed by atoms with Crippen LogP contribution in [-0.2, 0) is 9.53 Å². The van der Waals surface area contributed by atoms with Gasteiger partial charge in [0.2, 0.25) is 5.91 Å². The Morgan fingerprint density at radius 1 is 1.33 bits per heavy atom. The summed E-state index contributed by atoms with van der Waals surface area (Å²) in [6, 6.07) is 7.03. The molecule has 6 heteroatoms. The number of imidazole rings is 1. The monoisotopic (exact) mass is 287 g/mol. The van der Waals surface area contributed by atoms with E-state index in [0.717, 1.165) is 5.69 Å². The Kier molecular flexibility index (Phi) is 4.71. The third-order valence-electron chi connectivity index (χ3n) is 2.85. The summed E-state index contributed by atoms with van der Waals surface area (Å²) in [5, 5.41) is 2.60. The molecule has 0 saturated heterocycles. The lowest BCUT2D eigenvalue weighted by Crippen LogP contribution is -2.31. The number of hydrogen-bond acceptors (Lipinski definition) is 4. The molecule has 0 spiro atoms. The number of carbonyl (C=O) groups is 2. The molecular weight excluding hydrogens is 270 g/mol. The fourth-order valence-electron chi connectivity index (χ4n) is 1.76. The van der Waals surface area contributed by atoms with E-state index in [0.29, 0.717) is 12.1 Å². The molecule has 1 amide bonds. The number of nitrogens with zero attached hydrogens (tertiary/aromatic N) is 2. The van der Waals surface area contributed by atoms with Crippen molar-refractivity contribution in [3.63, 3.8) is 0 Å². The Morgan fingerprint density at radius 2 is 2.05 bits per heavy atom. The van der Waals surface area contributed by atoms with Gasteiger partial charge in [-0.3, -0.25) is 4.79 Å². The van der Waals surface area contributed by atoms with Crippen molar-refractivity contribution < 1.29 is 14.3 Å². The van der Waals surface area contributed by atoms with E-state index in [9.17, 15) is 9.59 Å². The van der Waals surface area contributed by atoms with Crippen LogP contribution in [-0.4, -0.2) is 34.1 Å². The zero-order valence-corrected chi connectivity index (χ0v) is 11.9. The molecule has 0 saturated carbocycles. The first-order chi connectivity index (χ1) is 10.1. The van der Waals surface area contributed by atoms with Crippen LogP contribution in [0.5, 0.6) is 0 Å². The second-order valence-electron chi connectivity index (χ2n) is 4.67. The van der Waals surface area contributed by atoms with Gasteiger partial charge in [0.1, 0.15) is 6.10 Å². The molecule has 1 N–H and O–H groups in total. The number of esters is 1. The van der Waals surface area contributed by atoms with Gasteiger partial charge in [-0.1, -0.05) is 0 Å². The van der Waals surface area contributed by atoms with E-state index >= 15 is 0 Å². The van der Waals surface area contributed by atoms with Crippen LogP contribution in [0.25, 0.3) is 5.69 Å². The highest BCUT2D eigenvalue weighted by Gasteiger charge is 2.12. The average molecular weight is 287 g/mol. The Morgan fingerprint density at radius 3 is 2.62 bits per heavy atom. The predicted molar refractivity (Wildman–Crippen MR) is 77.1 cm³/mol. The van der Waals surface area contributed by atoms with Gasteiger partial charge in [0.25, 0.3) is 0 Å². The van der Waals surface area contributed by atoms with Gasteiger partial charge in [0.05, 0.1) is 18.4 Å². The van der Waals surface area contributed by atoms with Gasteiger partial charge in [0.15, 0.2) is 0 Å². The molecule has 0 aliphatic carbocycles. The Hall–Kier alpha value is -2.63. The lowest BCUT2D eigenvalue weighted by molar-refractivity contribution is -0.119. The molecule has 110 valence electrons. The molecule has 21 heavy (non-hydrogen) atoms. The van der Waals surface area contributed by atoms with Gasteiger partial charge >= 0.3 is 5.97 Å². The normalized spacial score (nSPS) is 11.7. The summed E-state index contributed by atoms with van der Waals surface area (Å²) >= 11 is 0. The summed E-state index contributed by atoms with van der Waals surface area (Å²) in [7, 11) is 0. The minimum atomic E-state index is -0.412. The van der Waals surface area contributed by atoms with Gasteiger partial charge in [-0.05, 0) is 31.2 Å². The van der Waals surface area contributed by atoms with E-state index in [2.05, 4.69) is 10.3 Å². The van der Waals surface area contributed by atoms with Gasteiger partial charge in [-0.15, -0.1) is 0 Å². The number of amides is 1. The zero-order valence-electron chi connectivity index (χ0n) is 11.9. The quantitative estimate of drug-likeness (QED) is 0.847. The van der Waals surface area contributed by atoms with E-state index in [-0.39, 0.29) is 12.0 Å². The smallest absolute Gasteiger partial charge is 0.338 e. The number of carbonyl (C=O) groups excluding carboxylic acids is 2. The maximum Gasteiger partial charge on any atom is 0.338 e. The van der Waals surface area contributed by atoms with Crippen LogP contribution < -0.4 is 5.32 Å². The summed E-state index contributed by atoms with van der Waals surface area (Å²) in [6.45, 7) is 3.45. The Labute approximate surface area is 122 Å². The maximum absolute atomic E-state index is 11.9. The first kappa shape index (κ1) is 14.8. The van der Waals surface area contributed by atoms with Gasteiger partial charge in [-0.25, -0.2) is 9.78 Å². The van der Waals surface area contributed by atoms with Gasteiger partial charge < -0.3 is 14.6 Å². The largest absolute Gasteiger partial charge is 0.457 e. The third kappa shape index (κ3) is 4.17. The molecule has 0 fully saturated rings. The second kappa shape index (κ2) is 6.69. The number of nitrogens with one attached hydrogen (secondary N) is 1. The second-order valence-corrected chi connectivity index (χ2v) is 4.67. The highest BCUT2D eigenvalue weighted by Crippen LogP contribution is 2.11. The Balaban J connectivity index is 1.95. The van der Waals surface area contributed by atoms with Crippen LogP contribution in [0.15, 0.2) is 43.0 Å². The molecular formula is C15H17N3O3. The van der Waals surface area contributed by atoms with Gasteiger partial charge in [-0.2, -0.15) is 0 Å². The zero-order chi connectivity index (χ0) is 15.2. The predicted octanol–water partition coefficient (Wildman–Crippen LogP) is 1.55. The number of ether oxygens (including phenoxy) is 1. The Bertz CT molecular complexity index is 606. The fourth-order valence-corrected chi connectivity index (χ4v) is 1.76. The molecule has 0 aliphatic heterocycles. The van der Waals surface area contributed by atoms with E-state index in [4.69, 9.17) is 4.74 Å². The molecule has 0 aliphatic rings. The van der Waals surface area contributed by atoms with Crippen molar-refractivity contribution in [3.8, 4) is 5.69 Å². The van der Waals surface area contributed by atoms with Crippen molar-refractivity contribution in [2.45, 2.75) is 20.0 Å². The molecule has 1 aromatic carbocycles. The van der Waals surface area contributed by atoms with E-state index in [1.807, 2.05) is 22.9 Å². The standard InChI is InChI=1S/C15H17N3O3/c1-11(9-17-12(2)19)21-15(20)13-3-5-14(6-4-13)18-8-7-16-10-18/h3-8,10-11H,9H2,1-2H3,(H,17,19)/t11-/m1/s1. The fraction of sp³-hybridized carbons (Fsp3) is 0.267. The summed E-state index contributed by atoms with van der Waals surface area (Å²) < 4.78 is 7.09. The SMILES string of the molecule is CC(=O)NC[C@@H](C)OC(=O)c1ccc(-n2ccnc2)cc1. The van der Waals surface area contributed by atoms with Crippen molar-refractivity contribution in [1.82, 2.24) is 14.9 Å². The minimum absolute atomic E-state index is 0.150. The first-order valence-electron chi connectivity index (χ1n) is 6.60. The molecule has 1 aromatic heterocycles.